The maximum Gasteiger partial charge on any atom is 0.302 e. The summed E-state index contributed by atoms with van der Waals surface area (Å²) in [5.74, 6) is 3.94. The molecule has 0 aromatic rings. The van der Waals surface area contributed by atoms with Crippen LogP contribution in [-0.2, 0) is 9.53 Å². The summed E-state index contributed by atoms with van der Waals surface area (Å²) in [6.45, 7) is 23.1. The minimum Gasteiger partial charge on any atom is -0.462 e. The third kappa shape index (κ3) is 3.94. The third-order valence-electron chi connectivity index (χ3n) is 12.3. The first kappa shape index (κ1) is 26.0. The normalized spacial score (nSPS) is 45.3. The van der Waals surface area contributed by atoms with Crippen LogP contribution in [0.2, 0.25) is 0 Å². The highest BCUT2D eigenvalue weighted by Gasteiger charge is 2.64. The lowest BCUT2D eigenvalue weighted by atomic mass is 9.42. The molecule has 0 radical (unpaired) electrons. The van der Waals surface area contributed by atoms with Crippen molar-refractivity contribution in [3.05, 3.63) is 23.8 Å². The predicted octanol–water partition coefficient (Wildman–Crippen LogP) is 8.76. The minimum atomic E-state index is -0.114. The Balaban J connectivity index is 1.56. The molecule has 0 aromatic heterocycles. The number of ether oxygens (including phenoxy) is 1. The highest BCUT2D eigenvalue weighted by Crippen LogP contribution is 2.72. The van der Waals surface area contributed by atoms with Gasteiger partial charge in [0.05, 0.1) is 0 Å². The summed E-state index contributed by atoms with van der Waals surface area (Å²) in [5.41, 5.74) is 4.28. The van der Waals surface area contributed by atoms with E-state index in [0.717, 1.165) is 18.3 Å². The molecule has 0 unspecified atom stereocenters. The van der Waals surface area contributed by atoms with Gasteiger partial charge in [-0.05, 0) is 116 Å². The summed E-state index contributed by atoms with van der Waals surface area (Å²) >= 11 is 0. The standard InChI is InChI=1S/C32H52O2/c1-20(2)21(3)10-11-22(4)25-14-18-32(9)28-13-12-26-23(5)29(34-24(6)33)16-17-30(26,7)27(28)15-19-31(25,32)8/h13,21-23,25-27,29H,1,10-12,14-19H2,2-9H3/t21-,22-,23+,25-,26+,27+,29+,30+,31-,32+/m1/s1. The van der Waals surface area contributed by atoms with E-state index in [0.29, 0.717) is 39.9 Å². The highest BCUT2D eigenvalue weighted by atomic mass is 16.5. The molecule has 4 rings (SSSR count). The lowest BCUT2D eigenvalue weighted by Gasteiger charge is -2.62. The fraction of sp³-hybridized carbons (Fsp3) is 0.844. The summed E-state index contributed by atoms with van der Waals surface area (Å²) in [4.78, 5) is 11.7. The monoisotopic (exact) mass is 468 g/mol. The molecule has 192 valence electrons. The van der Waals surface area contributed by atoms with Crippen LogP contribution in [0, 0.1) is 51.8 Å². The van der Waals surface area contributed by atoms with Crippen LogP contribution < -0.4 is 0 Å². The summed E-state index contributed by atoms with van der Waals surface area (Å²) in [7, 11) is 0. The third-order valence-corrected chi connectivity index (χ3v) is 12.3. The van der Waals surface area contributed by atoms with Crippen molar-refractivity contribution in [2.75, 3.05) is 0 Å². The second kappa shape index (κ2) is 9.11. The van der Waals surface area contributed by atoms with Gasteiger partial charge in [-0.2, -0.15) is 0 Å². The number of fused-ring (bicyclic) bond motifs is 5. The molecule has 0 spiro atoms. The molecule has 0 amide bonds. The zero-order chi connectivity index (χ0) is 25.1. The van der Waals surface area contributed by atoms with Gasteiger partial charge in [-0.15, -0.1) is 0 Å². The lowest BCUT2D eigenvalue weighted by molar-refractivity contribution is -0.159. The van der Waals surface area contributed by atoms with E-state index in [-0.39, 0.29) is 12.1 Å². The van der Waals surface area contributed by atoms with Crippen LogP contribution >= 0.6 is 0 Å². The van der Waals surface area contributed by atoms with E-state index in [1.807, 2.05) is 5.57 Å². The number of hydrogen-bond donors (Lipinski definition) is 0. The minimum absolute atomic E-state index is 0.105. The van der Waals surface area contributed by atoms with Gasteiger partial charge in [0.1, 0.15) is 6.10 Å². The van der Waals surface area contributed by atoms with Gasteiger partial charge >= 0.3 is 5.97 Å². The van der Waals surface area contributed by atoms with Gasteiger partial charge in [0.2, 0.25) is 0 Å². The molecule has 3 fully saturated rings. The molecule has 0 aliphatic heterocycles. The Hall–Kier alpha value is -1.05. The van der Waals surface area contributed by atoms with E-state index in [2.05, 4.69) is 61.1 Å². The summed E-state index contributed by atoms with van der Waals surface area (Å²) in [6, 6.07) is 0. The Bertz CT molecular complexity index is 840. The van der Waals surface area contributed by atoms with Gasteiger partial charge in [-0.3, -0.25) is 4.79 Å². The van der Waals surface area contributed by atoms with Gasteiger partial charge in [0.15, 0.2) is 0 Å². The van der Waals surface area contributed by atoms with Crippen LogP contribution in [0.5, 0.6) is 0 Å². The number of carbonyl (C=O) groups is 1. The van der Waals surface area contributed by atoms with Gasteiger partial charge in [-0.1, -0.05) is 65.3 Å². The molecule has 0 aromatic carbocycles. The second-order valence-electron chi connectivity index (χ2n) is 13.8. The molecule has 0 bridgehead atoms. The Morgan fingerprint density at radius 1 is 1.09 bits per heavy atom. The molecule has 10 atom stereocenters. The van der Waals surface area contributed by atoms with E-state index in [9.17, 15) is 4.79 Å². The van der Waals surface area contributed by atoms with E-state index in [1.165, 1.54) is 56.9 Å². The van der Waals surface area contributed by atoms with Crippen molar-refractivity contribution in [3.63, 3.8) is 0 Å². The lowest BCUT2D eigenvalue weighted by Crippen LogP contribution is -2.55. The molecule has 0 saturated heterocycles. The maximum atomic E-state index is 11.7. The Morgan fingerprint density at radius 2 is 1.79 bits per heavy atom. The van der Waals surface area contributed by atoms with Gasteiger partial charge < -0.3 is 4.74 Å². The van der Waals surface area contributed by atoms with Gasteiger partial charge in [0, 0.05) is 6.92 Å². The zero-order valence-electron chi connectivity index (χ0n) is 23.5. The first-order valence-corrected chi connectivity index (χ1v) is 14.4. The maximum absolute atomic E-state index is 11.7. The number of allylic oxidation sites excluding steroid dienone is 3. The molecule has 0 N–H and O–H groups in total. The smallest absolute Gasteiger partial charge is 0.302 e. The average molecular weight is 469 g/mol. The topological polar surface area (TPSA) is 26.3 Å². The van der Waals surface area contributed by atoms with Crippen molar-refractivity contribution in [1.29, 1.82) is 0 Å². The molecule has 2 nitrogen and oxygen atoms in total. The van der Waals surface area contributed by atoms with Crippen LogP contribution in [0.1, 0.15) is 113 Å². The first-order chi connectivity index (χ1) is 15.8. The van der Waals surface area contributed by atoms with Crippen molar-refractivity contribution in [1.82, 2.24) is 0 Å². The summed E-state index contributed by atoms with van der Waals surface area (Å²) in [5, 5.41) is 0. The van der Waals surface area contributed by atoms with Crippen molar-refractivity contribution in [2.45, 2.75) is 119 Å². The van der Waals surface area contributed by atoms with Crippen molar-refractivity contribution >= 4 is 5.97 Å². The van der Waals surface area contributed by atoms with Gasteiger partial charge in [-0.25, -0.2) is 0 Å². The molecule has 4 aliphatic rings. The van der Waals surface area contributed by atoms with E-state index < -0.39 is 0 Å². The Kier molecular flexibility index (Phi) is 6.98. The molecular weight excluding hydrogens is 416 g/mol. The second-order valence-corrected chi connectivity index (χ2v) is 13.8. The summed E-state index contributed by atoms with van der Waals surface area (Å²) < 4.78 is 5.77. The van der Waals surface area contributed by atoms with Crippen LogP contribution in [0.15, 0.2) is 23.8 Å². The molecular formula is C32H52O2. The van der Waals surface area contributed by atoms with Crippen molar-refractivity contribution in [3.8, 4) is 0 Å². The van der Waals surface area contributed by atoms with E-state index in [4.69, 9.17) is 4.74 Å². The van der Waals surface area contributed by atoms with E-state index in [1.54, 1.807) is 6.92 Å². The van der Waals surface area contributed by atoms with Crippen LogP contribution in [0.4, 0.5) is 0 Å². The number of hydrogen-bond acceptors (Lipinski definition) is 2. The molecule has 0 heterocycles. The van der Waals surface area contributed by atoms with Crippen molar-refractivity contribution < 1.29 is 9.53 Å². The molecule has 4 aliphatic carbocycles. The fourth-order valence-corrected chi connectivity index (χ4v) is 9.61. The van der Waals surface area contributed by atoms with E-state index >= 15 is 0 Å². The average Bonchev–Trinajstić information content (AvgIpc) is 3.05. The van der Waals surface area contributed by atoms with Crippen LogP contribution in [0.3, 0.4) is 0 Å². The van der Waals surface area contributed by atoms with Crippen LogP contribution in [0.25, 0.3) is 0 Å². The zero-order valence-corrected chi connectivity index (χ0v) is 23.5. The Labute approximate surface area is 210 Å². The largest absolute Gasteiger partial charge is 0.462 e. The SMILES string of the molecule is C=C(C)[C@H](C)CC[C@@H](C)[C@H]1CC[C@@]2(C)C3=CC[C@H]4[C@H](C)[C@@H](OC(C)=O)CC[C@]4(C)[C@H]3CC[C@]12C. The molecule has 2 heteroatoms. The van der Waals surface area contributed by atoms with Gasteiger partial charge in [0.25, 0.3) is 0 Å². The molecule has 3 saturated carbocycles. The summed E-state index contributed by atoms with van der Waals surface area (Å²) in [6.07, 6.45) is 14.3. The fourth-order valence-electron chi connectivity index (χ4n) is 9.61. The Morgan fingerprint density at radius 3 is 2.44 bits per heavy atom. The highest BCUT2D eigenvalue weighted by molar-refractivity contribution is 5.66. The number of rotatable bonds is 6. The predicted molar refractivity (Wildman–Crippen MR) is 142 cm³/mol. The molecule has 34 heavy (non-hydrogen) atoms. The number of carbonyl (C=O) groups excluding carboxylic acids is 1. The van der Waals surface area contributed by atoms with Crippen molar-refractivity contribution in [2.24, 2.45) is 51.8 Å². The number of esters is 1. The first-order valence-electron chi connectivity index (χ1n) is 14.4. The van der Waals surface area contributed by atoms with Crippen LogP contribution in [-0.4, -0.2) is 12.1 Å². The quantitative estimate of drug-likeness (QED) is 0.288.